The molecule has 0 saturated heterocycles. The van der Waals surface area contributed by atoms with E-state index < -0.39 is 0 Å². The average molecular weight is 422 g/mol. The summed E-state index contributed by atoms with van der Waals surface area (Å²) in [6, 6.07) is 9.29. The molecule has 5 heterocycles. The predicted octanol–water partition coefficient (Wildman–Crippen LogP) is 5.54. The van der Waals surface area contributed by atoms with Gasteiger partial charge in [0.05, 0.1) is 33.5 Å². The lowest BCUT2D eigenvalue weighted by molar-refractivity contribution is 0.102. The Morgan fingerprint density at radius 1 is 1.14 bits per heavy atom. The summed E-state index contributed by atoms with van der Waals surface area (Å²) in [5, 5.41) is 9.86. The van der Waals surface area contributed by atoms with Crippen LogP contribution in [0, 0.1) is 13.8 Å². The fourth-order valence-corrected chi connectivity index (χ4v) is 4.61. The van der Waals surface area contributed by atoms with E-state index in [0.29, 0.717) is 33.2 Å². The molecule has 0 aliphatic carbocycles. The number of hydrogen-bond donors (Lipinski definition) is 1. The number of fused-ring (bicyclic) bond motifs is 1. The largest absolute Gasteiger partial charge is 0.463 e. The molecule has 0 bridgehead atoms. The van der Waals surface area contributed by atoms with Crippen molar-refractivity contribution < 1.29 is 13.7 Å². The van der Waals surface area contributed by atoms with Crippen LogP contribution < -0.4 is 5.32 Å². The van der Waals surface area contributed by atoms with Crippen LogP contribution in [0.4, 0.5) is 5.13 Å². The maximum absolute atomic E-state index is 13.1. The Morgan fingerprint density at radius 3 is 2.79 bits per heavy atom. The summed E-state index contributed by atoms with van der Waals surface area (Å²) in [7, 11) is 0. The zero-order valence-electron chi connectivity index (χ0n) is 15.4. The van der Waals surface area contributed by atoms with Crippen LogP contribution in [0.5, 0.6) is 0 Å². The average Bonchev–Trinajstić information content (AvgIpc) is 3.48. The monoisotopic (exact) mass is 422 g/mol. The summed E-state index contributed by atoms with van der Waals surface area (Å²) < 4.78 is 10.7. The molecular weight excluding hydrogens is 408 g/mol. The lowest BCUT2D eigenvalue weighted by atomic mass is 10.1. The van der Waals surface area contributed by atoms with Crippen molar-refractivity contribution in [3.05, 3.63) is 58.1 Å². The van der Waals surface area contributed by atoms with Crippen LogP contribution in [0.1, 0.15) is 20.9 Å². The third kappa shape index (κ3) is 3.24. The minimum Gasteiger partial charge on any atom is -0.463 e. The van der Waals surface area contributed by atoms with Crippen molar-refractivity contribution in [3.8, 4) is 22.0 Å². The van der Waals surface area contributed by atoms with E-state index in [-0.39, 0.29) is 11.6 Å². The predicted molar refractivity (Wildman–Crippen MR) is 112 cm³/mol. The summed E-state index contributed by atoms with van der Waals surface area (Å²) in [6.07, 6.45) is 1.55. The van der Waals surface area contributed by atoms with E-state index in [9.17, 15) is 4.79 Å². The molecule has 0 fully saturated rings. The number of nitrogens with zero attached hydrogens (tertiary/aromatic N) is 3. The van der Waals surface area contributed by atoms with Crippen LogP contribution in [0.3, 0.4) is 0 Å². The van der Waals surface area contributed by atoms with Gasteiger partial charge in [-0.1, -0.05) is 5.16 Å². The molecule has 0 aliphatic rings. The second-order valence-corrected chi connectivity index (χ2v) is 8.53. The SMILES string of the molecule is Cc1ccc(-c2csc(NC(=O)c3cc(-c4ccco4)nc4onc(C)c34)n2)s1. The van der Waals surface area contributed by atoms with Crippen molar-refractivity contribution in [2.45, 2.75) is 13.8 Å². The number of hydrogen-bond acceptors (Lipinski definition) is 8. The van der Waals surface area contributed by atoms with E-state index in [1.807, 2.05) is 11.4 Å². The molecule has 0 unspecified atom stereocenters. The normalized spacial score (nSPS) is 11.2. The third-order valence-electron chi connectivity index (χ3n) is 4.35. The van der Waals surface area contributed by atoms with Crippen molar-refractivity contribution >= 4 is 44.8 Å². The number of nitrogens with one attached hydrogen (secondary N) is 1. The maximum atomic E-state index is 13.1. The van der Waals surface area contributed by atoms with Gasteiger partial charge in [0.25, 0.3) is 11.6 Å². The van der Waals surface area contributed by atoms with Gasteiger partial charge in [-0.05, 0) is 44.2 Å². The number of amides is 1. The van der Waals surface area contributed by atoms with Crippen molar-refractivity contribution in [3.63, 3.8) is 0 Å². The summed E-state index contributed by atoms with van der Waals surface area (Å²) in [5.41, 5.74) is 2.63. The number of anilines is 1. The lowest BCUT2D eigenvalue weighted by Gasteiger charge is -2.05. The first kappa shape index (κ1) is 17.8. The first-order valence-corrected chi connectivity index (χ1v) is 10.4. The molecule has 5 rings (SSSR count). The Bertz CT molecular complexity index is 1330. The Kier molecular flexibility index (Phi) is 4.26. The number of carbonyl (C=O) groups is 1. The fourth-order valence-electron chi connectivity index (χ4n) is 3.01. The van der Waals surface area contributed by atoms with Crippen LogP contribution >= 0.6 is 22.7 Å². The number of carbonyl (C=O) groups excluding carboxylic acids is 1. The van der Waals surface area contributed by atoms with Gasteiger partial charge in [-0.2, -0.15) is 0 Å². The lowest BCUT2D eigenvalue weighted by Crippen LogP contribution is -2.13. The van der Waals surface area contributed by atoms with Crippen molar-refractivity contribution in [2.75, 3.05) is 5.32 Å². The fraction of sp³-hybridized carbons (Fsp3) is 0.100. The van der Waals surface area contributed by atoms with Crippen LogP contribution in [-0.4, -0.2) is 21.0 Å². The van der Waals surface area contributed by atoms with E-state index in [2.05, 4.69) is 33.4 Å². The van der Waals surface area contributed by atoms with E-state index in [1.165, 1.54) is 16.2 Å². The Morgan fingerprint density at radius 2 is 2.03 bits per heavy atom. The summed E-state index contributed by atoms with van der Waals surface area (Å²) in [4.78, 5) is 24.3. The van der Waals surface area contributed by atoms with Gasteiger partial charge in [0.1, 0.15) is 5.69 Å². The molecule has 1 N–H and O–H groups in total. The number of rotatable bonds is 4. The molecule has 0 saturated carbocycles. The summed E-state index contributed by atoms with van der Waals surface area (Å²) in [6.45, 7) is 3.83. The Balaban J connectivity index is 1.51. The zero-order valence-corrected chi connectivity index (χ0v) is 17.1. The van der Waals surface area contributed by atoms with Crippen molar-refractivity contribution in [1.82, 2.24) is 15.1 Å². The molecule has 0 aromatic carbocycles. The number of aryl methyl sites for hydroxylation is 2. The van der Waals surface area contributed by atoms with Gasteiger partial charge >= 0.3 is 0 Å². The van der Waals surface area contributed by atoms with Gasteiger partial charge in [-0.3, -0.25) is 10.1 Å². The van der Waals surface area contributed by atoms with Gasteiger partial charge in [-0.25, -0.2) is 9.97 Å². The molecule has 29 heavy (non-hydrogen) atoms. The summed E-state index contributed by atoms with van der Waals surface area (Å²) in [5.74, 6) is 0.236. The Hall–Kier alpha value is -3.30. The second kappa shape index (κ2) is 6.94. The van der Waals surface area contributed by atoms with Crippen LogP contribution in [0.25, 0.3) is 33.1 Å². The number of pyridine rings is 1. The maximum Gasteiger partial charge on any atom is 0.259 e. The molecular formula is C20H14N4O3S2. The molecule has 0 spiro atoms. The third-order valence-corrected chi connectivity index (χ3v) is 6.13. The van der Waals surface area contributed by atoms with Gasteiger partial charge in [0.15, 0.2) is 10.9 Å². The molecule has 0 atom stereocenters. The molecule has 7 nitrogen and oxygen atoms in total. The zero-order chi connectivity index (χ0) is 20.0. The van der Waals surface area contributed by atoms with Crippen molar-refractivity contribution in [2.24, 2.45) is 0 Å². The van der Waals surface area contributed by atoms with E-state index in [1.54, 1.807) is 42.7 Å². The topological polar surface area (TPSA) is 94.1 Å². The number of aromatic nitrogens is 3. The van der Waals surface area contributed by atoms with Gasteiger partial charge in [-0.15, -0.1) is 22.7 Å². The molecule has 5 aromatic rings. The first-order valence-electron chi connectivity index (χ1n) is 8.73. The summed E-state index contributed by atoms with van der Waals surface area (Å²) >= 11 is 3.05. The van der Waals surface area contributed by atoms with Gasteiger partial charge < -0.3 is 8.94 Å². The van der Waals surface area contributed by atoms with E-state index >= 15 is 0 Å². The molecule has 1 amide bonds. The highest BCUT2D eigenvalue weighted by molar-refractivity contribution is 7.17. The van der Waals surface area contributed by atoms with Crippen LogP contribution in [0.2, 0.25) is 0 Å². The highest BCUT2D eigenvalue weighted by atomic mass is 32.1. The molecule has 5 aromatic heterocycles. The standard InChI is InChI=1S/C20H14N4O3S2/c1-10-5-6-16(29-10)14-9-28-20(22-14)23-18(25)12-8-13(15-4-3-7-26-15)21-19-17(12)11(2)24-27-19/h3-9H,1-2H3,(H,22,23,25). The van der Waals surface area contributed by atoms with E-state index in [4.69, 9.17) is 8.94 Å². The minimum atomic E-state index is -0.306. The van der Waals surface area contributed by atoms with E-state index in [0.717, 1.165) is 10.6 Å². The smallest absolute Gasteiger partial charge is 0.259 e. The second-order valence-electron chi connectivity index (χ2n) is 6.38. The molecule has 9 heteroatoms. The van der Waals surface area contributed by atoms with Crippen LogP contribution in [0.15, 0.2) is 50.9 Å². The van der Waals surface area contributed by atoms with Gasteiger partial charge in [0, 0.05) is 10.3 Å². The van der Waals surface area contributed by atoms with Crippen molar-refractivity contribution in [1.29, 1.82) is 0 Å². The molecule has 144 valence electrons. The quantitative estimate of drug-likeness (QED) is 0.409. The minimum absolute atomic E-state index is 0.287. The number of thiophene rings is 1. The number of furan rings is 1. The number of thiazole rings is 1. The van der Waals surface area contributed by atoms with Gasteiger partial charge in [0.2, 0.25) is 0 Å². The highest BCUT2D eigenvalue weighted by Crippen LogP contribution is 2.32. The van der Waals surface area contributed by atoms with Crippen LogP contribution in [-0.2, 0) is 0 Å². The Labute approximate surface area is 173 Å². The molecule has 0 radical (unpaired) electrons. The molecule has 0 aliphatic heterocycles. The first-order chi connectivity index (χ1) is 14.1. The highest BCUT2D eigenvalue weighted by Gasteiger charge is 2.21.